The van der Waals surface area contributed by atoms with E-state index in [1.807, 2.05) is 0 Å². The Kier molecular flexibility index (Phi) is 8.98. The number of benzene rings is 3. The molecule has 1 saturated carbocycles. The van der Waals surface area contributed by atoms with E-state index in [0.29, 0.717) is 22.6 Å². The van der Waals surface area contributed by atoms with Crippen LogP contribution in [0.2, 0.25) is 0 Å². The van der Waals surface area contributed by atoms with Gasteiger partial charge < -0.3 is 39.2 Å². The van der Waals surface area contributed by atoms with Gasteiger partial charge in [-0.2, -0.15) is 0 Å². The van der Waals surface area contributed by atoms with Crippen LogP contribution in [0.1, 0.15) is 43.4 Å². The van der Waals surface area contributed by atoms with E-state index >= 15 is 0 Å². The van der Waals surface area contributed by atoms with E-state index in [0.717, 1.165) is 0 Å². The van der Waals surface area contributed by atoms with Gasteiger partial charge in [0.1, 0.15) is 41.2 Å². The van der Waals surface area contributed by atoms with Crippen LogP contribution >= 0.6 is 0 Å². The van der Waals surface area contributed by atoms with E-state index < -0.39 is 59.2 Å². The standard InChI is InChI=1S/C34H39N3O10/c1-32(2,3)47-31(41)35-18-25(38)36-37-30(40)26-27(19-10-8-7-9-11-19)34(20-12-14-21(43-4)15-13-20)33(42,29(26)39)28-23(45-6)16-22(44-5)17-24(28)46-34/h7-17,26-27,29,39,42H,18H2,1-6H3,(H,35,41)(H,36,38)(H,37,40)/t26?,27-,29?,33+,34+/m1/s1. The summed E-state index contributed by atoms with van der Waals surface area (Å²) in [6, 6.07) is 18.8. The first-order valence-electron chi connectivity index (χ1n) is 14.9. The van der Waals surface area contributed by atoms with Crippen LogP contribution in [0, 0.1) is 5.92 Å². The predicted molar refractivity (Wildman–Crippen MR) is 168 cm³/mol. The van der Waals surface area contributed by atoms with E-state index in [2.05, 4.69) is 16.2 Å². The van der Waals surface area contributed by atoms with Crippen LogP contribution in [0.15, 0.2) is 66.7 Å². The van der Waals surface area contributed by atoms with E-state index in [1.165, 1.54) is 21.3 Å². The fourth-order valence-corrected chi connectivity index (χ4v) is 6.52. The number of ether oxygens (including phenoxy) is 5. The zero-order valence-corrected chi connectivity index (χ0v) is 27.0. The Morgan fingerprint density at radius 3 is 2.15 bits per heavy atom. The van der Waals surface area contributed by atoms with Gasteiger partial charge in [-0.3, -0.25) is 20.4 Å². The number of carbonyl (C=O) groups excluding carboxylic acids is 3. The second-order valence-electron chi connectivity index (χ2n) is 12.3. The smallest absolute Gasteiger partial charge is 0.408 e. The summed E-state index contributed by atoms with van der Waals surface area (Å²) < 4.78 is 28.4. The molecule has 47 heavy (non-hydrogen) atoms. The van der Waals surface area contributed by atoms with Crippen LogP contribution in [-0.2, 0) is 25.5 Å². The van der Waals surface area contributed by atoms with Crippen molar-refractivity contribution in [3.05, 3.63) is 83.4 Å². The lowest BCUT2D eigenvalue weighted by molar-refractivity contribution is -0.155. The average Bonchev–Trinajstić information content (AvgIpc) is 3.43. The van der Waals surface area contributed by atoms with Gasteiger partial charge >= 0.3 is 6.09 Å². The molecule has 5 N–H and O–H groups in total. The normalized spacial score (nSPS) is 24.2. The van der Waals surface area contributed by atoms with Crippen molar-refractivity contribution >= 4 is 17.9 Å². The maximum Gasteiger partial charge on any atom is 0.408 e. The molecular formula is C34H39N3O10. The van der Waals surface area contributed by atoms with Gasteiger partial charge in [-0.25, -0.2) is 4.79 Å². The Labute approximate surface area is 272 Å². The van der Waals surface area contributed by atoms with Crippen LogP contribution in [0.3, 0.4) is 0 Å². The molecule has 0 saturated heterocycles. The van der Waals surface area contributed by atoms with Crippen molar-refractivity contribution in [2.75, 3.05) is 27.9 Å². The number of fused-ring (bicyclic) bond motifs is 3. The first kappa shape index (κ1) is 33.4. The minimum Gasteiger partial charge on any atom is -0.497 e. The number of carbonyl (C=O) groups is 3. The van der Waals surface area contributed by atoms with Crippen molar-refractivity contribution in [2.24, 2.45) is 5.92 Å². The topological polar surface area (TPSA) is 174 Å². The quantitative estimate of drug-likeness (QED) is 0.228. The third-order valence-corrected chi connectivity index (χ3v) is 8.38. The van der Waals surface area contributed by atoms with Crippen molar-refractivity contribution in [2.45, 2.75) is 49.6 Å². The maximum absolute atomic E-state index is 14.0. The second kappa shape index (κ2) is 12.6. The first-order valence-corrected chi connectivity index (χ1v) is 14.9. The zero-order valence-electron chi connectivity index (χ0n) is 27.0. The number of aliphatic hydroxyl groups is 2. The number of hydrazine groups is 1. The fourth-order valence-electron chi connectivity index (χ4n) is 6.52. The van der Waals surface area contributed by atoms with Crippen LogP contribution in [0.25, 0.3) is 0 Å². The molecule has 1 fully saturated rings. The Balaban J connectivity index is 1.59. The van der Waals surface area contributed by atoms with Gasteiger partial charge in [0.05, 0.1) is 32.8 Å². The highest BCUT2D eigenvalue weighted by molar-refractivity contribution is 5.87. The summed E-state index contributed by atoms with van der Waals surface area (Å²) in [5.41, 5.74) is 0.932. The van der Waals surface area contributed by atoms with Gasteiger partial charge in [-0.1, -0.05) is 42.5 Å². The van der Waals surface area contributed by atoms with Crippen molar-refractivity contribution in [1.82, 2.24) is 16.2 Å². The third kappa shape index (κ3) is 5.76. The lowest BCUT2D eigenvalue weighted by atomic mass is 9.70. The van der Waals surface area contributed by atoms with Gasteiger partial charge in [0.15, 0.2) is 11.2 Å². The summed E-state index contributed by atoms with van der Waals surface area (Å²) in [7, 11) is 4.41. The van der Waals surface area contributed by atoms with Gasteiger partial charge in [-0.15, -0.1) is 0 Å². The maximum atomic E-state index is 14.0. The van der Waals surface area contributed by atoms with E-state index in [-0.39, 0.29) is 17.1 Å². The Bertz CT molecular complexity index is 1640. The molecule has 2 unspecified atom stereocenters. The highest BCUT2D eigenvalue weighted by atomic mass is 16.6. The molecule has 0 radical (unpaired) electrons. The molecule has 3 aromatic rings. The van der Waals surface area contributed by atoms with Gasteiger partial charge in [-0.05, 0) is 44.0 Å². The molecule has 5 atom stereocenters. The summed E-state index contributed by atoms with van der Waals surface area (Å²) in [5.74, 6) is -2.70. The molecule has 1 aliphatic carbocycles. The van der Waals surface area contributed by atoms with E-state index in [9.17, 15) is 24.6 Å². The SMILES string of the molecule is COc1ccc([C@@]23Oc4cc(OC)cc(OC)c4[C@]2(O)C(O)C(C(=O)NNC(=O)CNC(=O)OC(C)(C)C)[C@H]3c2ccccc2)cc1. The molecule has 13 heteroatoms. The largest absolute Gasteiger partial charge is 0.497 e. The molecule has 13 nitrogen and oxygen atoms in total. The van der Waals surface area contributed by atoms with Crippen LogP contribution < -0.4 is 35.1 Å². The van der Waals surface area contributed by atoms with Crippen molar-refractivity contribution in [3.63, 3.8) is 0 Å². The summed E-state index contributed by atoms with van der Waals surface area (Å²) in [4.78, 5) is 38.7. The minimum absolute atomic E-state index is 0.131. The molecular weight excluding hydrogens is 610 g/mol. The summed E-state index contributed by atoms with van der Waals surface area (Å²) in [6.45, 7) is 4.54. The van der Waals surface area contributed by atoms with Crippen molar-refractivity contribution in [1.29, 1.82) is 0 Å². The molecule has 3 aromatic carbocycles. The van der Waals surface area contributed by atoms with Crippen LogP contribution in [-0.4, -0.2) is 67.7 Å². The Morgan fingerprint density at radius 2 is 1.55 bits per heavy atom. The summed E-state index contributed by atoms with van der Waals surface area (Å²) in [5, 5.41) is 27.5. The van der Waals surface area contributed by atoms with Gasteiger partial charge in [0.25, 0.3) is 5.91 Å². The number of methoxy groups -OCH3 is 3. The molecule has 3 amide bonds. The van der Waals surface area contributed by atoms with Crippen LogP contribution in [0.4, 0.5) is 4.79 Å². The van der Waals surface area contributed by atoms with E-state index in [1.54, 1.807) is 87.5 Å². The Hall–Kier alpha value is -5.01. The molecule has 1 aliphatic heterocycles. The fraction of sp³-hybridized carbons (Fsp3) is 0.382. The summed E-state index contributed by atoms with van der Waals surface area (Å²) in [6.07, 6.45) is -2.61. The predicted octanol–water partition coefficient (Wildman–Crippen LogP) is 2.63. The molecule has 250 valence electrons. The van der Waals surface area contributed by atoms with Crippen molar-refractivity contribution < 1.29 is 48.3 Å². The third-order valence-electron chi connectivity index (χ3n) is 8.38. The van der Waals surface area contributed by atoms with Gasteiger partial charge in [0.2, 0.25) is 5.91 Å². The van der Waals surface area contributed by atoms with Crippen LogP contribution in [0.5, 0.6) is 23.0 Å². The number of rotatable bonds is 8. The molecule has 0 spiro atoms. The number of alkyl carbamates (subject to hydrolysis) is 1. The molecule has 0 aromatic heterocycles. The van der Waals surface area contributed by atoms with Gasteiger partial charge in [0, 0.05) is 18.1 Å². The lowest BCUT2D eigenvalue weighted by Gasteiger charge is -2.40. The molecule has 2 aliphatic rings. The average molecular weight is 650 g/mol. The number of hydrogen-bond donors (Lipinski definition) is 5. The lowest BCUT2D eigenvalue weighted by Crippen LogP contribution is -2.52. The van der Waals surface area contributed by atoms with Crippen molar-refractivity contribution in [3.8, 4) is 23.0 Å². The highest BCUT2D eigenvalue weighted by Crippen LogP contribution is 2.70. The number of amides is 3. The monoisotopic (exact) mass is 649 g/mol. The number of aliphatic hydroxyl groups excluding tert-OH is 1. The molecule has 1 heterocycles. The number of nitrogens with one attached hydrogen (secondary N) is 3. The summed E-state index contributed by atoms with van der Waals surface area (Å²) >= 11 is 0. The highest BCUT2D eigenvalue weighted by Gasteiger charge is 2.78. The van der Waals surface area contributed by atoms with E-state index in [4.69, 9.17) is 23.7 Å². The second-order valence-corrected chi connectivity index (χ2v) is 12.3. The minimum atomic E-state index is -2.26. The molecule has 5 rings (SSSR count). The molecule has 0 bridgehead atoms. The Morgan fingerprint density at radius 1 is 0.894 bits per heavy atom. The zero-order chi connectivity index (χ0) is 34.1. The number of hydrogen-bond acceptors (Lipinski definition) is 10. The first-order chi connectivity index (χ1) is 22.3.